The van der Waals surface area contributed by atoms with Crippen LogP contribution in [-0.2, 0) is 12.6 Å². The van der Waals surface area contributed by atoms with Gasteiger partial charge in [0.05, 0.1) is 16.5 Å². The summed E-state index contributed by atoms with van der Waals surface area (Å²) in [4.78, 5) is 25.2. The van der Waals surface area contributed by atoms with Gasteiger partial charge in [-0.25, -0.2) is 13.6 Å². The van der Waals surface area contributed by atoms with Crippen molar-refractivity contribution in [1.29, 1.82) is 0 Å². The molecule has 0 radical (unpaired) electrons. The first kappa shape index (κ1) is 18.6. The molecule has 9 heteroatoms. The van der Waals surface area contributed by atoms with Crippen molar-refractivity contribution in [3.8, 4) is 0 Å². The predicted molar refractivity (Wildman–Crippen MR) is 85.7 cm³/mol. The molecule has 2 aromatic carbocycles. The number of carbonyl (C=O) groups is 1. The summed E-state index contributed by atoms with van der Waals surface area (Å²) in [6, 6.07) is 4.66. The summed E-state index contributed by atoms with van der Waals surface area (Å²) in [5.41, 5.74) is -3.19. The zero-order chi connectivity index (χ0) is 19.9. The molecule has 0 fully saturated rings. The van der Waals surface area contributed by atoms with Gasteiger partial charge in [0.15, 0.2) is 5.82 Å². The second-order valence-corrected chi connectivity index (χ2v) is 5.79. The maximum absolute atomic E-state index is 14.7. The number of halogens is 5. The molecule has 0 saturated heterocycles. The first-order valence-corrected chi connectivity index (χ1v) is 7.51. The molecule has 27 heavy (non-hydrogen) atoms. The Kier molecular flexibility index (Phi) is 4.46. The van der Waals surface area contributed by atoms with Gasteiger partial charge in [0, 0.05) is 12.6 Å². The van der Waals surface area contributed by atoms with Crippen LogP contribution in [0.2, 0.25) is 0 Å². The molecule has 2 N–H and O–H groups in total. The number of carboxylic acids is 1. The molecule has 0 atom stereocenters. The van der Waals surface area contributed by atoms with Gasteiger partial charge in [0.1, 0.15) is 11.4 Å². The van der Waals surface area contributed by atoms with Crippen molar-refractivity contribution in [2.24, 2.45) is 0 Å². The highest BCUT2D eigenvalue weighted by atomic mass is 19.4. The van der Waals surface area contributed by atoms with Gasteiger partial charge < -0.3 is 10.1 Å². The predicted octanol–water partition coefficient (Wildman–Crippen LogP) is 4.11. The molecule has 0 spiro atoms. The average Bonchev–Trinajstić information content (AvgIpc) is 2.58. The van der Waals surface area contributed by atoms with E-state index in [2.05, 4.69) is 4.98 Å². The molecule has 0 unspecified atom stereocenters. The van der Waals surface area contributed by atoms with Gasteiger partial charge in [0.2, 0.25) is 5.43 Å². The number of aromatic amines is 1. The number of nitrogens with one attached hydrogen (secondary N) is 1. The van der Waals surface area contributed by atoms with E-state index in [9.17, 15) is 31.5 Å². The van der Waals surface area contributed by atoms with Gasteiger partial charge in [-0.15, -0.1) is 0 Å². The molecule has 140 valence electrons. The summed E-state index contributed by atoms with van der Waals surface area (Å²) in [7, 11) is 0. The molecule has 0 saturated carbocycles. The fourth-order valence-electron chi connectivity index (χ4n) is 2.70. The molecule has 0 aliphatic rings. The highest BCUT2D eigenvalue weighted by molar-refractivity contribution is 5.92. The van der Waals surface area contributed by atoms with Crippen molar-refractivity contribution in [1.82, 2.24) is 4.98 Å². The Bertz CT molecular complexity index is 1100. The molecule has 3 aromatic rings. The first-order valence-electron chi connectivity index (χ1n) is 7.51. The lowest BCUT2D eigenvalue weighted by atomic mass is 10.00. The minimum atomic E-state index is -4.51. The molecular formula is C18H10F5NO3. The van der Waals surface area contributed by atoms with E-state index < -0.39 is 51.2 Å². The molecule has 0 amide bonds. The molecule has 4 nitrogen and oxygen atoms in total. The van der Waals surface area contributed by atoms with Crippen LogP contribution in [0.15, 0.2) is 41.3 Å². The average molecular weight is 383 g/mol. The molecule has 0 aliphatic carbocycles. The van der Waals surface area contributed by atoms with Crippen molar-refractivity contribution in [2.45, 2.75) is 12.6 Å². The van der Waals surface area contributed by atoms with Crippen molar-refractivity contribution in [2.75, 3.05) is 0 Å². The fraction of sp³-hybridized carbons (Fsp3) is 0.111. The number of aromatic carboxylic acids is 1. The second-order valence-electron chi connectivity index (χ2n) is 5.79. The number of hydrogen-bond donors (Lipinski definition) is 2. The van der Waals surface area contributed by atoms with E-state index in [4.69, 9.17) is 5.11 Å². The lowest BCUT2D eigenvalue weighted by Gasteiger charge is -2.10. The summed E-state index contributed by atoms with van der Waals surface area (Å²) >= 11 is 0. The van der Waals surface area contributed by atoms with E-state index in [1.165, 1.54) is 0 Å². The Hall–Kier alpha value is -3.23. The molecule has 1 aromatic heterocycles. The van der Waals surface area contributed by atoms with Crippen LogP contribution in [0.25, 0.3) is 10.9 Å². The Morgan fingerprint density at radius 3 is 2.30 bits per heavy atom. The van der Waals surface area contributed by atoms with E-state index in [0.29, 0.717) is 5.56 Å². The van der Waals surface area contributed by atoms with Gasteiger partial charge in [-0.3, -0.25) is 4.79 Å². The summed E-state index contributed by atoms with van der Waals surface area (Å²) in [6.07, 6.45) is -3.98. The van der Waals surface area contributed by atoms with Crippen LogP contribution >= 0.6 is 0 Å². The lowest BCUT2D eigenvalue weighted by Crippen LogP contribution is -2.17. The van der Waals surface area contributed by atoms with Gasteiger partial charge in [0.25, 0.3) is 0 Å². The molecule has 3 rings (SSSR count). The third-order valence-electron chi connectivity index (χ3n) is 4.03. The smallest absolute Gasteiger partial charge is 0.416 e. The summed E-state index contributed by atoms with van der Waals surface area (Å²) in [5.74, 6) is -3.70. The zero-order valence-electron chi connectivity index (χ0n) is 13.3. The summed E-state index contributed by atoms with van der Waals surface area (Å²) < 4.78 is 66.7. The van der Waals surface area contributed by atoms with E-state index >= 15 is 0 Å². The maximum Gasteiger partial charge on any atom is 0.416 e. The van der Waals surface area contributed by atoms with Gasteiger partial charge in [-0.05, 0) is 29.3 Å². The largest absolute Gasteiger partial charge is 0.477 e. The van der Waals surface area contributed by atoms with Gasteiger partial charge in [-0.2, -0.15) is 13.2 Å². The fourth-order valence-corrected chi connectivity index (χ4v) is 2.70. The number of H-pyrrole nitrogens is 1. The zero-order valence-corrected chi connectivity index (χ0v) is 13.3. The Morgan fingerprint density at radius 1 is 1.11 bits per heavy atom. The maximum atomic E-state index is 14.7. The standard InChI is InChI=1S/C18H10F5NO3/c19-12-6-9(5-8-1-3-10(4-2-8)18(21,22)23)14(20)15-13(12)16(25)11(7-24-15)17(26)27/h1-4,6-7H,5H2,(H,24,25)(H,26,27). The Morgan fingerprint density at radius 2 is 1.74 bits per heavy atom. The minimum absolute atomic E-state index is 0.196. The quantitative estimate of drug-likeness (QED) is 0.669. The highest BCUT2D eigenvalue weighted by Gasteiger charge is 2.30. The van der Waals surface area contributed by atoms with Gasteiger partial charge in [-0.1, -0.05) is 12.1 Å². The van der Waals surface area contributed by atoms with E-state index in [1.807, 2.05) is 0 Å². The SMILES string of the molecule is O=C(O)c1c[nH]c2c(F)c(Cc3ccc(C(F)(F)F)cc3)cc(F)c2c1=O. The van der Waals surface area contributed by atoms with Crippen LogP contribution < -0.4 is 5.43 Å². The van der Waals surface area contributed by atoms with Crippen LogP contribution in [0.4, 0.5) is 22.0 Å². The number of carboxylic acid groups (broad SMARTS) is 1. The normalized spacial score (nSPS) is 11.7. The van der Waals surface area contributed by atoms with Crippen molar-refractivity contribution in [3.05, 3.63) is 80.6 Å². The molecule has 0 bridgehead atoms. The third kappa shape index (κ3) is 3.40. The number of hydrogen-bond acceptors (Lipinski definition) is 2. The van der Waals surface area contributed by atoms with E-state index in [-0.39, 0.29) is 12.0 Å². The van der Waals surface area contributed by atoms with Gasteiger partial charge >= 0.3 is 12.1 Å². The number of pyridine rings is 1. The third-order valence-corrected chi connectivity index (χ3v) is 4.03. The van der Waals surface area contributed by atoms with E-state index in [1.54, 1.807) is 0 Å². The molecule has 1 heterocycles. The van der Waals surface area contributed by atoms with Crippen LogP contribution in [-0.4, -0.2) is 16.1 Å². The lowest BCUT2D eigenvalue weighted by molar-refractivity contribution is -0.137. The summed E-state index contributed by atoms with van der Waals surface area (Å²) in [6.45, 7) is 0. The number of rotatable bonds is 3. The van der Waals surface area contributed by atoms with Crippen molar-refractivity contribution in [3.63, 3.8) is 0 Å². The molecule has 0 aliphatic heterocycles. The number of aromatic nitrogens is 1. The van der Waals surface area contributed by atoms with Crippen LogP contribution in [0.1, 0.15) is 27.0 Å². The van der Waals surface area contributed by atoms with E-state index in [0.717, 1.165) is 36.5 Å². The first-order chi connectivity index (χ1) is 12.6. The van der Waals surface area contributed by atoms with Crippen LogP contribution in [0.3, 0.4) is 0 Å². The number of alkyl halides is 3. The Labute approximate surface area is 147 Å². The number of fused-ring (bicyclic) bond motifs is 1. The van der Waals surface area contributed by atoms with Crippen LogP contribution in [0.5, 0.6) is 0 Å². The number of benzene rings is 2. The Balaban J connectivity index is 2.06. The topological polar surface area (TPSA) is 70.2 Å². The summed E-state index contributed by atoms with van der Waals surface area (Å²) in [5, 5.41) is 8.17. The monoisotopic (exact) mass is 383 g/mol. The molecular weight excluding hydrogens is 373 g/mol. The van der Waals surface area contributed by atoms with Crippen molar-refractivity contribution >= 4 is 16.9 Å². The highest BCUT2D eigenvalue weighted by Crippen LogP contribution is 2.30. The van der Waals surface area contributed by atoms with Crippen LogP contribution in [0, 0.1) is 11.6 Å². The van der Waals surface area contributed by atoms with Crippen molar-refractivity contribution < 1.29 is 31.9 Å². The second kappa shape index (κ2) is 6.49. The minimum Gasteiger partial charge on any atom is -0.477 e.